The van der Waals surface area contributed by atoms with Gasteiger partial charge in [-0.25, -0.2) is 4.98 Å². The van der Waals surface area contributed by atoms with Crippen LogP contribution in [0.1, 0.15) is 11.5 Å². The number of hydrogen-bond acceptors (Lipinski definition) is 7. The summed E-state index contributed by atoms with van der Waals surface area (Å²) >= 11 is 6.16. The van der Waals surface area contributed by atoms with Crippen molar-refractivity contribution in [3.8, 4) is 11.3 Å². The molecule has 9 heteroatoms. The van der Waals surface area contributed by atoms with Gasteiger partial charge < -0.3 is 15.2 Å². The lowest BCUT2D eigenvalue weighted by molar-refractivity contribution is 0.390. The quantitative estimate of drug-likeness (QED) is 0.460. The summed E-state index contributed by atoms with van der Waals surface area (Å²) in [7, 11) is 0. The average Bonchev–Trinajstić information content (AvgIpc) is 3.32. The summed E-state index contributed by atoms with van der Waals surface area (Å²) in [5.74, 6) is 2.17. The van der Waals surface area contributed by atoms with E-state index in [-0.39, 0.29) is 0 Å². The molecule has 0 atom stereocenters. The number of aryl methyl sites for hydroxylation is 1. The number of nitrogens with one attached hydrogen (secondary N) is 3. The van der Waals surface area contributed by atoms with Crippen LogP contribution in [0.3, 0.4) is 0 Å². The van der Waals surface area contributed by atoms with Crippen LogP contribution in [0.15, 0.2) is 53.2 Å². The predicted molar refractivity (Wildman–Crippen MR) is 103 cm³/mol. The molecular formula is C18H16ClN7O. The van der Waals surface area contributed by atoms with Gasteiger partial charge in [0.1, 0.15) is 10.7 Å². The number of benzene rings is 1. The summed E-state index contributed by atoms with van der Waals surface area (Å²) in [4.78, 5) is 8.56. The molecule has 27 heavy (non-hydrogen) atoms. The summed E-state index contributed by atoms with van der Waals surface area (Å²) in [6.45, 7) is 2.30. The van der Waals surface area contributed by atoms with Gasteiger partial charge in [-0.05, 0) is 6.92 Å². The highest BCUT2D eigenvalue weighted by atomic mass is 35.5. The molecule has 0 aliphatic carbocycles. The number of hydrogen-bond donors (Lipinski definition) is 3. The lowest BCUT2D eigenvalue weighted by Crippen LogP contribution is -2.05. The van der Waals surface area contributed by atoms with Gasteiger partial charge in [0.05, 0.1) is 12.7 Å². The van der Waals surface area contributed by atoms with Crippen molar-refractivity contribution in [1.29, 1.82) is 0 Å². The molecule has 0 saturated heterocycles. The van der Waals surface area contributed by atoms with E-state index >= 15 is 0 Å². The van der Waals surface area contributed by atoms with Gasteiger partial charge >= 0.3 is 0 Å². The Morgan fingerprint density at radius 2 is 2.04 bits per heavy atom. The normalized spacial score (nSPS) is 10.7. The number of aromatic nitrogens is 5. The Labute approximate surface area is 160 Å². The third kappa shape index (κ3) is 4.06. The largest absolute Gasteiger partial charge is 0.359 e. The van der Waals surface area contributed by atoms with Crippen LogP contribution in [0.25, 0.3) is 11.3 Å². The van der Waals surface area contributed by atoms with Crippen molar-refractivity contribution in [3.63, 3.8) is 0 Å². The van der Waals surface area contributed by atoms with E-state index in [1.807, 2.05) is 49.4 Å². The highest BCUT2D eigenvalue weighted by Crippen LogP contribution is 2.23. The monoisotopic (exact) mass is 381 g/mol. The molecule has 3 aromatic heterocycles. The Morgan fingerprint density at radius 1 is 1.19 bits per heavy atom. The molecule has 0 unspecified atom stereocenters. The van der Waals surface area contributed by atoms with Gasteiger partial charge in [-0.15, -0.1) is 0 Å². The van der Waals surface area contributed by atoms with Crippen molar-refractivity contribution in [2.75, 3.05) is 10.6 Å². The molecule has 0 amide bonds. The van der Waals surface area contributed by atoms with E-state index in [2.05, 4.69) is 36.0 Å². The lowest BCUT2D eigenvalue weighted by Gasteiger charge is -2.07. The zero-order valence-corrected chi connectivity index (χ0v) is 15.2. The molecule has 0 spiro atoms. The van der Waals surface area contributed by atoms with Crippen LogP contribution in [0, 0.1) is 6.92 Å². The fourth-order valence-electron chi connectivity index (χ4n) is 2.45. The Balaban J connectivity index is 1.44. The number of halogens is 1. The fraction of sp³-hybridized carbons (Fsp3) is 0.111. The van der Waals surface area contributed by atoms with E-state index in [0.717, 1.165) is 17.0 Å². The molecule has 136 valence electrons. The van der Waals surface area contributed by atoms with Crippen molar-refractivity contribution in [1.82, 2.24) is 25.3 Å². The molecule has 4 aromatic rings. The van der Waals surface area contributed by atoms with Crippen molar-refractivity contribution in [2.24, 2.45) is 0 Å². The van der Waals surface area contributed by atoms with Crippen LogP contribution in [-0.4, -0.2) is 25.3 Å². The van der Waals surface area contributed by atoms with E-state index in [0.29, 0.717) is 34.9 Å². The molecule has 0 saturated carbocycles. The standard InChI is InChI=1S/C18H16ClN7O/c1-11-7-16(25-24-11)22-17-14(19)10-21-18(23-17)20-9-13-8-15(26-27-13)12-5-3-2-4-6-12/h2-8,10H,9H2,1H3,(H3,20,21,22,23,24,25). The first-order valence-corrected chi connectivity index (χ1v) is 8.61. The summed E-state index contributed by atoms with van der Waals surface area (Å²) in [6.07, 6.45) is 1.52. The van der Waals surface area contributed by atoms with Gasteiger partial charge in [0.15, 0.2) is 17.4 Å². The first kappa shape index (κ1) is 17.0. The molecule has 4 rings (SSSR count). The fourth-order valence-corrected chi connectivity index (χ4v) is 2.59. The smallest absolute Gasteiger partial charge is 0.225 e. The van der Waals surface area contributed by atoms with Crippen LogP contribution in [0.5, 0.6) is 0 Å². The maximum atomic E-state index is 6.16. The minimum atomic E-state index is 0.391. The van der Waals surface area contributed by atoms with Crippen molar-refractivity contribution >= 4 is 29.2 Å². The van der Waals surface area contributed by atoms with Crippen LogP contribution < -0.4 is 10.6 Å². The van der Waals surface area contributed by atoms with E-state index in [1.165, 1.54) is 6.20 Å². The second kappa shape index (κ2) is 7.46. The van der Waals surface area contributed by atoms with E-state index in [9.17, 15) is 0 Å². The number of aromatic amines is 1. The molecule has 0 aliphatic heterocycles. The number of H-pyrrole nitrogens is 1. The van der Waals surface area contributed by atoms with Crippen LogP contribution in [-0.2, 0) is 6.54 Å². The number of rotatable bonds is 6. The molecule has 0 aliphatic rings. The van der Waals surface area contributed by atoms with Crippen LogP contribution >= 0.6 is 11.6 Å². The Morgan fingerprint density at radius 3 is 2.81 bits per heavy atom. The van der Waals surface area contributed by atoms with Gasteiger partial charge in [0.2, 0.25) is 5.95 Å². The van der Waals surface area contributed by atoms with Gasteiger partial charge in [-0.3, -0.25) is 5.10 Å². The number of anilines is 3. The first-order chi connectivity index (χ1) is 13.2. The van der Waals surface area contributed by atoms with Crippen molar-refractivity contribution in [3.05, 3.63) is 65.1 Å². The van der Waals surface area contributed by atoms with Gasteiger partial charge in [0, 0.05) is 23.4 Å². The minimum absolute atomic E-state index is 0.391. The van der Waals surface area contributed by atoms with Crippen LogP contribution in [0.2, 0.25) is 5.02 Å². The maximum absolute atomic E-state index is 6.16. The van der Waals surface area contributed by atoms with E-state index < -0.39 is 0 Å². The Kier molecular flexibility index (Phi) is 4.71. The Hall–Kier alpha value is -3.39. The molecule has 3 heterocycles. The summed E-state index contributed by atoms with van der Waals surface area (Å²) in [5.41, 5.74) is 2.71. The summed E-state index contributed by atoms with van der Waals surface area (Å²) in [5, 5.41) is 17.6. The molecule has 3 N–H and O–H groups in total. The molecule has 0 radical (unpaired) electrons. The highest BCUT2D eigenvalue weighted by Gasteiger charge is 2.10. The zero-order valence-electron chi connectivity index (χ0n) is 14.4. The predicted octanol–water partition coefficient (Wildman–Crippen LogP) is 4.17. The summed E-state index contributed by atoms with van der Waals surface area (Å²) < 4.78 is 5.37. The van der Waals surface area contributed by atoms with E-state index in [1.54, 1.807) is 0 Å². The molecule has 0 bridgehead atoms. The van der Waals surface area contributed by atoms with Crippen LogP contribution in [0.4, 0.5) is 17.6 Å². The number of nitrogens with zero attached hydrogens (tertiary/aromatic N) is 4. The maximum Gasteiger partial charge on any atom is 0.225 e. The first-order valence-electron chi connectivity index (χ1n) is 8.24. The molecule has 1 aromatic carbocycles. The van der Waals surface area contributed by atoms with Crippen molar-refractivity contribution < 1.29 is 4.52 Å². The molecule has 8 nitrogen and oxygen atoms in total. The third-order valence-corrected chi connectivity index (χ3v) is 4.02. The second-order valence-corrected chi connectivity index (χ2v) is 6.26. The Bertz CT molecular complexity index is 1040. The second-order valence-electron chi connectivity index (χ2n) is 5.85. The summed E-state index contributed by atoms with van der Waals surface area (Å²) in [6, 6.07) is 13.6. The SMILES string of the molecule is Cc1cc(Nc2nc(NCc3cc(-c4ccccc4)no3)ncc2Cl)n[nH]1. The van der Waals surface area contributed by atoms with Crippen molar-refractivity contribution in [2.45, 2.75) is 13.5 Å². The topological polar surface area (TPSA) is 105 Å². The molecular weight excluding hydrogens is 366 g/mol. The molecule has 0 fully saturated rings. The zero-order chi connectivity index (χ0) is 18.6. The highest BCUT2D eigenvalue weighted by molar-refractivity contribution is 6.32. The van der Waals surface area contributed by atoms with E-state index in [4.69, 9.17) is 16.1 Å². The third-order valence-electron chi connectivity index (χ3n) is 3.75. The lowest BCUT2D eigenvalue weighted by atomic mass is 10.1. The average molecular weight is 382 g/mol. The minimum Gasteiger partial charge on any atom is -0.359 e. The van der Waals surface area contributed by atoms with Gasteiger partial charge in [-0.1, -0.05) is 47.1 Å². The van der Waals surface area contributed by atoms with Gasteiger partial charge in [0.25, 0.3) is 0 Å². The van der Waals surface area contributed by atoms with Gasteiger partial charge in [-0.2, -0.15) is 10.1 Å².